The van der Waals surface area contributed by atoms with Crippen molar-refractivity contribution in [3.8, 4) is 17.9 Å². The molecule has 2 aromatic rings. The normalized spacial score (nSPS) is 10.2. The van der Waals surface area contributed by atoms with E-state index in [1.54, 1.807) is 12.1 Å². The maximum absolute atomic E-state index is 12.5. The molecule has 0 spiro atoms. The molecule has 0 aliphatic carbocycles. The van der Waals surface area contributed by atoms with Crippen LogP contribution >= 0.6 is 0 Å². The highest BCUT2D eigenvalue weighted by Crippen LogP contribution is 2.24. The Morgan fingerprint density at radius 2 is 1.89 bits per heavy atom. The van der Waals surface area contributed by atoms with Crippen LogP contribution < -0.4 is 10.4 Å². The Labute approximate surface area is 157 Å². The minimum absolute atomic E-state index is 0.115. The van der Waals surface area contributed by atoms with Crippen LogP contribution in [0.4, 0.5) is 0 Å². The predicted octanol–water partition coefficient (Wildman–Crippen LogP) is 2.70. The molecule has 140 valence electrons. The van der Waals surface area contributed by atoms with Crippen molar-refractivity contribution in [2.75, 3.05) is 20.2 Å². The van der Waals surface area contributed by atoms with Crippen LogP contribution in [0.5, 0.6) is 5.75 Å². The van der Waals surface area contributed by atoms with Crippen molar-refractivity contribution < 1.29 is 13.9 Å². The number of nitrogens with zero attached hydrogens (tertiary/aromatic N) is 3. The van der Waals surface area contributed by atoms with E-state index in [4.69, 9.17) is 19.7 Å². The van der Waals surface area contributed by atoms with Gasteiger partial charge in [-0.25, -0.2) is 4.79 Å². The van der Waals surface area contributed by atoms with Gasteiger partial charge in [0.15, 0.2) is 0 Å². The number of benzene rings is 1. The third kappa shape index (κ3) is 4.86. The fraction of sp³-hybridized carbons (Fsp3) is 0.400. The molecular weight excluding hydrogens is 346 g/mol. The van der Waals surface area contributed by atoms with E-state index >= 15 is 0 Å². The largest absolute Gasteiger partial charge is 0.497 e. The third-order valence-electron chi connectivity index (χ3n) is 4.42. The molecule has 0 bridgehead atoms. The SMILES string of the molecule is COc1ccc2c(C)c(CCC(=O)N(CCC#N)CCC#N)c(=O)oc2c1. The molecule has 0 atom stereocenters. The molecule has 0 N–H and O–H groups in total. The van der Waals surface area contributed by atoms with E-state index in [1.807, 2.05) is 25.1 Å². The molecule has 1 heterocycles. The predicted molar refractivity (Wildman–Crippen MR) is 99.1 cm³/mol. The first-order valence-corrected chi connectivity index (χ1v) is 8.63. The van der Waals surface area contributed by atoms with E-state index in [-0.39, 0.29) is 44.7 Å². The van der Waals surface area contributed by atoms with E-state index < -0.39 is 5.63 Å². The lowest BCUT2D eigenvalue weighted by molar-refractivity contribution is -0.131. The van der Waals surface area contributed by atoms with Crippen LogP contribution in [-0.2, 0) is 11.2 Å². The molecule has 0 aliphatic rings. The first-order valence-electron chi connectivity index (χ1n) is 8.63. The van der Waals surface area contributed by atoms with E-state index in [0.717, 1.165) is 10.9 Å². The lowest BCUT2D eigenvalue weighted by Crippen LogP contribution is -2.33. The summed E-state index contributed by atoms with van der Waals surface area (Å²) in [4.78, 5) is 26.3. The summed E-state index contributed by atoms with van der Waals surface area (Å²) in [5, 5.41) is 18.2. The second kappa shape index (κ2) is 9.40. The Balaban J connectivity index is 2.20. The number of amides is 1. The van der Waals surface area contributed by atoms with Gasteiger partial charge in [-0.3, -0.25) is 4.79 Å². The van der Waals surface area contributed by atoms with Crippen LogP contribution in [0, 0.1) is 29.6 Å². The monoisotopic (exact) mass is 367 g/mol. The van der Waals surface area contributed by atoms with Crippen LogP contribution in [0.15, 0.2) is 27.4 Å². The maximum Gasteiger partial charge on any atom is 0.339 e. The molecule has 27 heavy (non-hydrogen) atoms. The molecule has 0 fully saturated rings. The molecule has 0 saturated heterocycles. The summed E-state index contributed by atoms with van der Waals surface area (Å²) in [6.45, 7) is 2.39. The second-order valence-corrected chi connectivity index (χ2v) is 6.05. The minimum Gasteiger partial charge on any atom is -0.497 e. The minimum atomic E-state index is -0.471. The van der Waals surface area contributed by atoms with Crippen molar-refractivity contribution in [2.45, 2.75) is 32.6 Å². The van der Waals surface area contributed by atoms with E-state index in [1.165, 1.54) is 12.0 Å². The van der Waals surface area contributed by atoms with Gasteiger partial charge in [-0.15, -0.1) is 0 Å². The number of carbonyl (C=O) groups excluding carboxylic acids is 1. The second-order valence-electron chi connectivity index (χ2n) is 6.05. The van der Waals surface area contributed by atoms with Gasteiger partial charge >= 0.3 is 5.63 Å². The zero-order valence-corrected chi connectivity index (χ0v) is 15.4. The average Bonchev–Trinajstić information content (AvgIpc) is 2.67. The van der Waals surface area contributed by atoms with Crippen LogP contribution in [0.25, 0.3) is 11.0 Å². The number of aryl methyl sites for hydroxylation is 1. The molecule has 1 amide bonds. The summed E-state index contributed by atoms with van der Waals surface area (Å²) in [6, 6.07) is 9.27. The maximum atomic E-state index is 12.5. The zero-order chi connectivity index (χ0) is 19.8. The van der Waals surface area contributed by atoms with Crippen molar-refractivity contribution in [1.29, 1.82) is 10.5 Å². The average molecular weight is 367 g/mol. The van der Waals surface area contributed by atoms with E-state index in [0.29, 0.717) is 16.9 Å². The summed E-state index contributed by atoms with van der Waals surface area (Å²) in [7, 11) is 1.54. The molecule has 0 radical (unpaired) electrons. The van der Waals surface area contributed by atoms with Crippen LogP contribution in [0.3, 0.4) is 0 Å². The van der Waals surface area contributed by atoms with Crippen LogP contribution in [0.2, 0.25) is 0 Å². The number of hydrogen-bond donors (Lipinski definition) is 0. The molecule has 7 heteroatoms. The summed E-state index contributed by atoms with van der Waals surface area (Å²) in [6.07, 6.45) is 0.765. The Morgan fingerprint density at radius 3 is 2.48 bits per heavy atom. The number of rotatable bonds is 8. The molecule has 7 nitrogen and oxygen atoms in total. The van der Waals surface area contributed by atoms with Crippen molar-refractivity contribution >= 4 is 16.9 Å². The standard InChI is InChI=1S/C20H21N3O4/c1-14-16-6-5-15(26-2)13-18(16)27-20(25)17(14)7-8-19(24)23(11-3-9-21)12-4-10-22/h5-6,13H,3-4,7-8,11-12H2,1-2H3. The molecule has 2 rings (SSSR count). The van der Waals surface area contributed by atoms with Gasteiger partial charge in [0.1, 0.15) is 11.3 Å². The molecule has 0 aliphatic heterocycles. The van der Waals surface area contributed by atoms with Gasteiger partial charge in [-0.2, -0.15) is 10.5 Å². The lowest BCUT2D eigenvalue weighted by atomic mass is 10.0. The van der Waals surface area contributed by atoms with Gasteiger partial charge in [0, 0.05) is 36.5 Å². The first kappa shape index (κ1) is 20.0. The van der Waals surface area contributed by atoms with Gasteiger partial charge in [-0.1, -0.05) is 0 Å². The smallest absolute Gasteiger partial charge is 0.339 e. The van der Waals surface area contributed by atoms with Crippen LogP contribution in [-0.4, -0.2) is 31.0 Å². The fourth-order valence-electron chi connectivity index (χ4n) is 2.91. The van der Waals surface area contributed by atoms with E-state index in [2.05, 4.69) is 0 Å². The Hall–Kier alpha value is -3.32. The van der Waals surface area contributed by atoms with Crippen molar-refractivity contribution in [3.63, 3.8) is 0 Å². The highest BCUT2D eigenvalue weighted by atomic mass is 16.5. The lowest BCUT2D eigenvalue weighted by Gasteiger charge is -2.20. The van der Waals surface area contributed by atoms with Gasteiger partial charge in [-0.05, 0) is 31.0 Å². The third-order valence-corrected chi connectivity index (χ3v) is 4.42. The molecule has 0 saturated carbocycles. The number of ether oxygens (including phenoxy) is 1. The first-order chi connectivity index (χ1) is 13.0. The highest BCUT2D eigenvalue weighted by Gasteiger charge is 2.17. The van der Waals surface area contributed by atoms with Crippen molar-refractivity contribution in [3.05, 3.63) is 39.7 Å². The van der Waals surface area contributed by atoms with Gasteiger partial charge in [0.05, 0.1) is 32.1 Å². The number of nitriles is 2. The highest BCUT2D eigenvalue weighted by molar-refractivity contribution is 5.82. The van der Waals surface area contributed by atoms with Crippen molar-refractivity contribution in [1.82, 2.24) is 4.90 Å². The molecular formula is C20H21N3O4. The number of hydrogen-bond acceptors (Lipinski definition) is 6. The molecule has 1 aromatic carbocycles. The molecule has 1 aromatic heterocycles. The Morgan fingerprint density at radius 1 is 1.22 bits per heavy atom. The summed E-state index contributed by atoms with van der Waals surface area (Å²) >= 11 is 0. The molecule has 0 unspecified atom stereocenters. The summed E-state index contributed by atoms with van der Waals surface area (Å²) in [5.74, 6) is 0.410. The number of methoxy groups -OCH3 is 1. The van der Waals surface area contributed by atoms with Gasteiger partial charge in [0.2, 0.25) is 5.91 Å². The van der Waals surface area contributed by atoms with Gasteiger partial charge < -0.3 is 14.1 Å². The quantitative estimate of drug-likeness (QED) is 0.664. The fourth-order valence-corrected chi connectivity index (χ4v) is 2.91. The topological polar surface area (TPSA) is 107 Å². The zero-order valence-electron chi connectivity index (χ0n) is 15.4. The van der Waals surface area contributed by atoms with Crippen molar-refractivity contribution in [2.24, 2.45) is 0 Å². The number of fused-ring (bicyclic) bond motifs is 1. The number of carbonyl (C=O) groups is 1. The summed E-state index contributed by atoms with van der Waals surface area (Å²) in [5.41, 5.74) is 1.21. The Kier molecular flexibility index (Phi) is 6.96. The van der Waals surface area contributed by atoms with Gasteiger partial charge in [0.25, 0.3) is 0 Å². The van der Waals surface area contributed by atoms with Crippen LogP contribution in [0.1, 0.15) is 30.4 Å². The summed E-state index contributed by atoms with van der Waals surface area (Å²) < 4.78 is 10.5. The van der Waals surface area contributed by atoms with E-state index in [9.17, 15) is 9.59 Å². The Bertz CT molecular complexity index is 948.